The SMILES string of the molecule is COC1CN(C)CCN1c1cc[c]cc1. The van der Waals surface area contributed by atoms with Crippen LogP contribution in [0, 0.1) is 6.07 Å². The maximum Gasteiger partial charge on any atom is 0.142 e. The lowest BCUT2D eigenvalue weighted by atomic mass is 10.2. The third-order valence-electron chi connectivity index (χ3n) is 2.84. The predicted octanol–water partition coefficient (Wildman–Crippen LogP) is 1.21. The quantitative estimate of drug-likeness (QED) is 0.722. The maximum absolute atomic E-state index is 5.50. The molecule has 0 spiro atoms. The molecule has 3 nitrogen and oxygen atoms in total. The Labute approximate surface area is 91.2 Å². The van der Waals surface area contributed by atoms with E-state index in [4.69, 9.17) is 4.74 Å². The molecule has 1 aromatic carbocycles. The molecule has 0 saturated carbocycles. The number of methoxy groups -OCH3 is 1. The number of benzene rings is 1. The normalized spacial score (nSPS) is 23.1. The van der Waals surface area contributed by atoms with Crippen LogP contribution in [0.4, 0.5) is 5.69 Å². The van der Waals surface area contributed by atoms with Crippen LogP contribution < -0.4 is 4.90 Å². The number of likely N-dealkylation sites (N-methyl/N-ethyl adjacent to an activating group) is 1. The largest absolute Gasteiger partial charge is 0.360 e. The molecule has 0 aliphatic carbocycles. The Kier molecular flexibility index (Phi) is 3.23. The second kappa shape index (κ2) is 4.64. The van der Waals surface area contributed by atoms with E-state index in [0.29, 0.717) is 0 Å². The molecule has 3 heteroatoms. The van der Waals surface area contributed by atoms with Crippen molar-refractivity contribution in [1.29, 1.82) is 0 Å². The molecule has 2 rings (SSSR count). The van der Waals surface area contributed by atoms with Crippen LogP contribution in [0.2, 0.25) is 0 Å². The first-order valence-corrected chi connectivity index (χ1v) is 5.25. The lowest BCUT2D eigenvalue weighted by Gasteiger charge is -2.40. The molecule has 1 radical (unpaired) electrons. The summed E-state index contributed by atoms with van der Waals surface area (Å²) in [5, 5.41) is 0. The van der Waals surface area contributed by atoms with Crippen molar-refractivity contribution in [3.8, 4) is 0 Å². The fraction of sp³-hybridized carbons (Fsp3) is 0.500. The lowest BCUT2D eigenvalue weighted by molar-refractivity contribution is 0.0498. The van der Waals surface area contributed by atoms with E-state index in [1.807, 2.05) is 12.1 Å². The minimum absolute atomic E-state index is 0.158. The molecule has 81 valence electrons. The van der Waals surface area contributed by atoms with E-state index in [2.05, 4.69) is 35.0 Å². The molecule has 1 aromatic rings. The molecule has 1 aliphatic rings. The minimum atomic E-state index is 0.158. The Morgan fingerprint density at radius 3 is 2.73 bits per heavy atom. The fourth-order valence-corrected chi connectivity index (χ4v) is 1.95. The summed E-state index contributed by atoms with van der Waals surface area (Å²) >= 11 is 0. The van der Waals surface area contributed by atoms with E-state index in [1.54, 1.807) is 7.11 Å². The first-order valence-electron chi connectivity index (χ1n) is 5.25. The van der Waals surface area contributed by atoms with Crippen molar-refractivity contribution in [2.75, 3.05) is 38.7 Å². The van der Waals surface area contributed by atoms with Gasteiger partial charge in [-0.2, -0.15) is 0 Å². The predicted molar refractivity (Wildman–Crippen MR) is 60.9 cm³/mol. The molecule has 0 amide bonds. The van der Waals surface area contributed by atoms with Gasteiger partial charge in [0.25, 0.3) is 0 Å². The first kappa shape index (κ1) is 10.5. The van der Waals surface area contributed by atoms with Gasteiger partial charge in [0.15, 0.2) is 0 Å². The van der Waals surface area contributed by atoms with E-state index >= 15 is 0 Å². The van der Waals surface area contributed by atoms with E-state index in [0.717, 1.165) is 19.6 Å². The Balaban J connectivity index is 2.14. The molecular weight excluding hydrogens is 188 g/mol. The topological polar surface area (TPSA) is 15.7 Å². The minimum Gasteiger partial charge on any atom is -0.360 e. The van der Waals surface area contributed by atoms with Crippen LogP contribution in [0.1, 0.15) is 0 Å². The number of piperazine rings is 1. The van der Waals surface area contributed by atoms with Crippen LogP contribution in [0.3, 0.4) is 0 Å². The summed E-state index contributed by atoms with van der Waals surface area (Å²) in [5.74, 6) is 0. The number of nitrogens with zero attached hydrogens (tertiary/aromatic N) is 2. The zero-order valence-corrected chi connectivity index (χ0v) is 9.31. The van der Waals surface area contributed by atoms with Gasteiger partial charge >= 0.3 is 0 Å². The Morgan fingerprint density at radius 2 is 2.07 bits per heavy atom. The van der Waals surface area contributed by atoms with Gasteiger partial charge in [-0.15, -0.1) is 0 Å². The first-order chi connectivity index (χ1) is 7.31. The van der Waals surface area contributed by atoms with Gasteiger partial charge in [-0.1, -0.05) is 12.1 Å². The molecule has 1 aliphatic heterocycles. The van der Waals surface area contributed by atoms with Gasteiger partial charge in [0.1, 0.15) is 6.23 Å². The van der Waals surface area contributed by atoms with E-state index in [-0.39, 0.29) is 6.23 Å². The molecule has 1 heterocycles. The molecule has 0 bridgehead atoms. The number of hydrogen-bond donors (Lipinski definition) is 0. The van der Waals surface area contributed by atoms with Crippen LogP contribution in [-0.2, 0) is 4.74 Å². The van der Waals surface area contributed by atoms with Gasteiger partial charge in [-0.25, -0.2) is 0 Å². The standard InChI is InChI=1S/C12H17N2O/c1-13-8-9-14(12(10-13)15-2)11-6-4-3-5-7-11/h4-7,12H,8-10H2,1-2H3. The number of hydrogen-bond acceptors (Lipinski definition) is 3. The zero-order chi connectivity index (χ0) is 10.7. The summed E-state index contributed by atoms with van der Waals surface area (Å²) in [6.07, 6.45) is 0.158. The van der Waals surface area contributed by atoms with Gasteiger partial charge in [0.2, 0.25) is 0 Å². The van der Waals surface area contributed by atoms with Crippen molar-refractivity contribution in [2.45, 2.75) is 6.23 Å². The third-order valence-corrected chi connectivity index (χ3v) is 2.84. The van der Waals surface area contributed by atoms with Crippen molar-refractivity contribution in [2.24, 2.45) is 0 Å². The Morgan fingerprint density at radius 1 is 1.33 bits per heavy atom. The molecule has 0 N–H and O–H groups in total. The summed E-state index contributed by atoms with van der Waals surface area (Å²) in [7, 11) is 3.90. The van der Waals surface area contributed by atoms with E-state index in [9.17, 15) is 0 Å². The van der Waals surface area contributed by atoms with Crippen LogP contribution >= 0.6 is 0 Å². The molecule has 15 heavy (non-hydrogen) atoms. The smallest absolute Gasteiger partial charge is 0.142 e. The van der Waals surface area contributed by atoms with E-state index in [1.165, 1.54) is 5.69 Å². The Bertz CT molecular complexity index is 302. The van der Waals surface area contributed by atoms with Gasteiger partial charge < -0.3 is 14.5 Å². The number of rotatable bonds is 2. The van der Waals surface area contributed by atoms with Crippen molar-refractivity contribution in [1.82, 2.24) is 4.90 Å². The molecule has 1 fully saturated rings. The van der Waals surface area contributed by atoms with Crippen molar-refractivity contribution in [3.05, 3.63) is 30.3 Å². The van der Waals surface area contributed by atoms with E-state index < -0.39 is 0 Å². The van der Waals surface area contributed by atoms with Gasteiger partial charge in [-0.3, -0.25) is 0 Å². The maximum atomic E-state index is 5.50. The van der Waals surface area contributed by atoms with Gasteiger partial charge in [-0.05, 0) is 25.2 Å². The van der Waals surface area contributed by atoms with Crippen molar-refractivity contribution >= 4 is 5.69 Å². The molecular formula is C12H17N2O. The van der Waals surface area contributed by atoms with Crippen molar-refractivity contribution in [3.63, 3.8) is 0 Å². The van der Waals surface area contributed by atoms with Crippen molar-refractivity contribution < 1.29 is 4.74 Å². The third kappa shape index (κ3) is 2.30. The zero-order valence-electron chi connectivity index (χ0n) is 9.31. The van der Waals surface area contributed by atoms with Crippen LogP contribution in [0.25, 0.3) is 0 Å². The second-order valence-corrected chi connectivity index (χ2v) is 3.90. The highest BCUT2D eigenvalue weighted by Crippen LogP contribution is 2.19. The highest BCUT2D eigenvalue weighted by atomic mass is 16.5. The molecule has 1 saturated heterocycles. The van der Waals surface area contributed by atoms with Crippen LogP contribution in [0.15, 0.2) is 24.3 Å². The van der Waals surface area contributed by atoms with Crippen LogP contribution in [-0.4, -0.2) is 44.9 Å². The molecule has 1 atom stereocenters. The Hall–Kier alpha value is -1.06. The number of anilines is 1. The molecule has 0 aromatic heterocycles. The average Bonchev–Trinajstić information content (AvgIpc) is 2.30. The second-order valence-electron chi connectivity index (χ2n) is 3.90. The monoisotopic (exact) mass is 205 g/mol. The summed E-state index contributed by atoms with van der Waals surface area (Å²) < 4.78 is 5.50. The summed E-state index contributed by atoms with van der Waals surface area (Å²) in [5.41, 5.74) is 1.22. The average molecular weight is 205 g/mol. The highest BCUT2D eigenvalue weighted by Gasteiger charge is 2.24. The lowest BCUT2D eigenvalue weighted by Crippen LogP contribution is -2.52. The summed E-state index contributed by atoms with van der Waals surface area (Å²) in [6.45, 7) is 3.05. The van der Waals surface area contributed by atoms with Gasteiger partial charge in [0.05, 0.1) is 0 Å². The van der Waals surface area contributed by atoms with Crippen LogP contribution in [0.5, 0.6) is 0 Å². The molecule has 1 unspecified atom stereocenters. The number of ether oxygens (including phenoxy) is 1. The van der Waals surface area contributed by atoms with Gasteiger partial charge in [0, 0.05) is 32.4 Å². The highest BCUT2D eigenvalue weighted by molar-refractivity contribution is 5.46. The fourth-order valence-electron chi connectivity index (χ4n) is 1.95. The summed E-state index contributed by atoms with van der Waals surface area (Å²) in [4.78, 5) is 4.59. The summed E-state index contributed by atoms with van der Waals surface area (Å²) in [6, 6.07) is 11.1.